The lowest BCUT2D eigenvalue weighted by molar-refractivity contribution is 0.427. The van der Waals surface area contributed by atoms with Gasteiger partial charge in [0.25, 0.3) is 0 Å². The summed E-state index contributed by atoms with van der Waals surface area (Å²) in [4.78, 5) is 9.48. The number of para-hydroxylation sites is 6. The predicted molar refractivity (Wildman–Crippen MR) is 342 cm³/mol. The van der Waals surface area contributed by atoms with Gasteiger partial charge in [0, 0.05) is 38.4 Å². The van der Waals surface area contributed by atoms with Crippen LogP contribution in [0.5, 0.6) is 5.75 Å². The van der Waals surface area contributed by atoms with Crippen molar-refractivity contribution in [3.63, 3.8) is 0 Å². The Morgan fingerprint density at radius 1 is 0.512 bits per heavy atom. The molecule has 0 saturated heterocycles. The summed E-state index contributed by atoms with van der Waals surface area (Å²) in [7, 11) is 0. The van der Waals surface area contributed by atoms with Gasteiger partial charge in [-0.15, -0.1) is 0 Å². The molecule has 0 saturated carbocycles. The lowest BCUT2D eigenvalue weighted by Gasteiger charge is -2.39. The van der Waals surface area contributed by atoms with Gasteiger partial charge in [-0.3, -0.25) is 5.41 Å². The summed E-state index contributed by atoms with van der Waals surface area (Å²) in [5.74, 6) is 2.18. The molecule has 1 atom stereocenters. The van der Waals surface area contributed by atoms with E-state index in [1.165, 1.54) is 88.2 Å². The van der Waals surface area contributed by atoms with Crippen molar-refractivity contribution in [2.45, 2.75) is 32.6 Å². The average Bonchev–Trinajstić information content (AvgIpc) is 1.54. The molecule has 15 rings (SSSR count). The standard InChI is InChI=1S/C59H39N5.C10H12O.C7H8/c1-61-58(62-57(60)39-16-4-2-5-17-39)44-23-15-25-49-55(44)46-36-37(34-38-31-33-53-45(35-38)42-21-9-11-27-51(42)63(53)40-18-6-3-7-19-40)30-32-47(46)59(49)48-24-10-13-29-54(48)64-52-28-12-8-20-41(52)43-22-14-26-50(59)56(43)64;1-8(2)11-10-7-5-4-6-9(10)3;1-7-5-3-2-4-6-7/h2-33,35-36,60H,1,34H2;4-7H,1H2,2-3H3;2-6H,1H3. The summed E-state index contributed by atoms with van der Waals surface area (Å²) < 4.78 is 10.2. The fourth-order valence-electron chi connectivity index (χ4n) is 12.6. The van der Waals surface area contributed by atoms with Crippen molar-refractivity contribution in [2.24, 2.45) is 9.98 Å². The topological polar surface area (TPSA) is 67.7 Å². The minimum absolute atomic E-state index is 0.142. The van der Waals surface area contributed by atoms with Gasteiger partial charge in [0.05, 0.1) is 38.9 Å². The summed E-state index contributed by atoms with van der Waals surface area (Å²) in [6.45, 7) is 13.7. The van der Waals surface area contributed by atoms with E-state index in [-0.39, 0.29) is 5.84 Å². The van der Waals surface area contributed by atoms with Crippen molar-refractivity contribution in [3.05, 3.63) is 329 Å². The molecule has 0 bridgehead atoms. The highest BCUT2D eigenvalue weighted by Crippen LogP contribution is 2.62. The molecule has 394 valence electrons. The molecule has 0 fully saturated rings. The van der Waals surface area contributed by atoms with Gasteiger partial charge in [0.2, 0.25) is 0 Å². The largest absolute Gasteiger partial charge is 0.462 e. The van der Waals surface area contributed by atoms with E-state index in [4.69, 9.17) is 15.1 Å². The Morgan fingerprint density at radius 3 is 1.80 bits per heavy atom. The highest BCUT2D eigenvalue weighted by molar-refractivity contribution is 6.17. The predicted octanol–water partition coefficient (Wildman–Crippen LogP) is 18.5. The molecule has 3 heterocycles. The number of aromatic nitrogens is 2. The van der Waals surface area contributed by atoms with Gasteiger partial charge in [0.1, 0.15) is 5.75 Å². The third kappa shape index (κ3) is 8.73. The summed E-state index contributed by atoms with van der Waals surface area (Å²) in [6, 6.07) is 92.2. The Morgan fingerprint density at radius 2 is 1.09 bits per heavy atom. The SMILES string of the molecule is C=C(C)Oc1ccccc1C.C=NC(=NC(=N)c1ccccc1)c1cccc2c1-c1cc(Cc3ccc4c(c3)c3ccccc3n4-c3ccccc3)ccc1C21c2ccccc2-n2c3ccccc3c3cccc1c32.Cc1ccccc1. The number of hydrogen-bond acceptors (Lipinski definition) is 2. The van der Waals surface area contributed by atoms with Crippen molar-refractivity contribution in [2.75, 3.05) is 0 Å². The van der Waals surface area contributed by atoms with Crippen LogP contribution in [0.1, 0.15) is 62.6 Å². The monoisotopic (exact) mass is 1060 g/mol. The molecule has 13 aromatic rings. The number of amidine groups is 2. The van der Waals surface area contributed by atoms with E-state index in [0.717, 1.165) is 51.4 Å². The van der Waals surface area contributed by atoms with Crippen LogP contribution in [0.4, 0.5) is 0 Å². The van der Waals surface area contributed by atoms with Crippen LogP contribution in [0.2, 0.25) is 0 Å². The van der Waals surface area contributed by atoms with E-state index in [1.54, 1.807) is 0 Å². The van der Waals surface area contributed by atoms with Gasteiger partial charge < -0.3 is 13.9 Å². The minimum atomic E-state index is -0.656. The summed E-state index contributed by atoms with van der Waals surface area (Å²) in [5.41, 5.74) is 20.0. The van der Waals surface area contributed by atoms with Crippen LogP contribution in [-0.2, 0) is 11.8 Å². The Kier molecular flexibility index (Phi) is 13.3. The van der Waals surface area contributed by atoms with E-state index in [9.17, 15) is 0 Å². The van der Waals surface area contributed by atoms with E-state index < -0.39 is 5.41 Å². The maximum absolute atomic E-state index is 9.09. The first-order valence-electron chi connectivity index (χ1n) is 27.8. The second-order valence-corrected chi connectivity index (χ2v) is 21.2. The van der Waals surface area contributed by atoms with E-state index in [0.29, 0.717) is 5.84 Å². The van der Waals surface area contributed by atoms with Crippen molar-refractivity contribution >= 4 is 62.0 Å². The molecule has 1 N–H and O–H groups in total. The minimum Gasteiger partial charge on any atom is -0.462 e. The molecule has 11 aromatic carbocycles. The van der Waals surface area contributed by atoms with Crippen LogP contribution in [-0.4, -0.2) is 27.5 Å². The maximum Gasteiger partial charge on any atom is 0.161 e. The lowest BCUT2D eigenvalue weighted by Crippen LogP contribution is -2.33. The molecule has 1 unspecified atom stereocenters. The first-order chi connectivity index (χ1) is 40.2. The Labute approximate surface area is 478 Å². The second kappa shape index (κ2) is 21.3. The van der Waals surface area contributed by atoms with Gasteiger partial charge >= 0.3 is 0 Å². The van der Waals surface area contributed by atoms with Crippen LogP contribution >= 0.6 is 0 Å². The molecule has 6 heteroatoms. The van der Waals surface area contributed by atoms with Gasteiger partial charge in [-0.2, -0.15) is 0 Å². The molecule has 1 aliphatic heterocycles. The summed E-state index contributed by atoms with van der Waals surface area (Å²) in [6.07, 6.45) is 0.748. The van der Waals surface area contributed by atoms with Crippen LogP contribution < -0.4 is 4.74 Å². The molecule has 1 spiro atoms. The number of aliphatic imine (C=N–C) groups is 2. The Balaban J connectivity index is 0.000000300. The molecular formula is C76H59N5O. The number of hydrogen-bond donors (Lipinski definition) is 1. The zero-order valence-electron chi connectivity index (χ0n) is 46.1. The van der Waals surface area contributed by atoms with E-state index in [2.05, 4.69) is 222 Å². The van der Waals surface area contributed by atoms with Crippen molar-refractivity contribution in [1.82, 2.24) is 9.13 Å². The first-order valence-corrected chi connectivity index (χ1v) is 27.8. The smallest absolute Gasteiger partial charge is 0.161 e. The summed E-state index contributed by atoms with van der Waals surface area (Å²) >= 11 is 0. The zero-order chi connectivity index (χ0) is 55.9. The normalized spacial score (nSPS) is 13.6. The van der Waals surface area contributed by atoms with Gasteiger partial charge in [-0.1, -0.05) is 224 Å². The number of rotatable bonds is 7. The summed E-state index contributed by atoms with van der Waals surface area (Å²) in [5, 5.41) is 14.0. The average molecular weight is 1060 g/mol. The highest BCUT2D eigenvalue weighted by Gasteiger charge is 2.51. The highest BCUT2D eigenvalue weighted by atomic mass is 16.5. The molecule has 6 nitrogen and oxygen atoms in total. The number of nitrogens with one attached hydrogen (secondary N) is 1. The number of aryl methyl sites for hydroxylation is 2. The van der Waals surface area contributed by atoms with Gasteiger partial charge in [-0.05, 0) is 133 Å². The fraction of sp³-hybridized carbons (Fsp3) is 0.0658. The molecule has 2 aromatic heterocycles. The van der Waals surface area contributed by atoms with E-state index >= 15 is 0 Å². The van der Waals surface area contributed by atoms with Crippen LogP contribution in [0, 0.1) is 19.3 Å². The first kappa shape index (κ1) is 51.0. The zero-order valence-corrected chi connectivity index (χ0v) is 46.1. The number of ether oxygens (including phenoxy) is 1. The third-order valence-corrected chi connectivity index (χ3v) is 16.0. The molecule has 0 amide bonds. The Hall–Kier alpha value is -10.4. The van der Waals surface area contributed by atoms with Gasteiger partial charge in [0.15, 0.2) is 11.7 Å². The van der Waals surface area contributed by atoms with E-state index in [1.807, 2.05) is 86.6 Å². The Bertz CT molecular complexity index is 4660. The van der Waals surface area contributed by atoms with Crippen molar-refractivity contribution < 1.29 is 4.74 Å². The van der Waals surface area contributed by atoms with Gasteiger partial charge in [-0.25, -0.2) is 9.98 Å². The van der Waals surface area contributed by atoms with Crippen molar-refractivity contribution in [1.29, 1.82) is 5.41 Å². The molecule has 1 aliphatic carbocycles. The number of nitrogens with zero attached hydrogens (tertiary/aromatic N) is 4. The molecule has 0 radical (unpaired) electrons. The molecular weight excluding hydrogens is 999 g/mol. The van der Waals surface area contributed by atoms with Crippen LogP contribution in [0.25, 0.3) is 66.1 Å². The molecule has 82 heavy (non-hydrogen) atoms. The fourth-order valence-corrected chi connectivity index (χ4v) is 12.6. The number of allylic oxidation sites excluding steroid dienone is 1. The lowest BCUT2D eigenvalue weighted by atomic mass is 9.65. The number of benzene rings is 11. The van der Waals surface area contributed by atoms with Crippen LogP contribution in [0.15, 0.2) is 283 Å². The number of fused-ring (bicyclic) bond motifs is 15. The van der Waals surface area contributed by atoms with Crippen LogP contribution in [0.3, 0.4) is 0 Å². The second-order valence-electron chi connectivity index (χ2n) is 21.2. The third-order valence-electron chi connectivity index (χ3n) is 16.0. The van der Waals surface area contributed by atoms with Crippen molar-refractivity contribution in [3.8, 4) is 28.3 Å². The quantitative estimate of drug-likeness (QED) is 0.0964. The maximum atomic E-state index is 9.09. The molecule has 2 aliphatic rings.